The first-order valence-electron chi connectivity index (χ1n) is 9.82. The second-order valence-corrected chi connectivity index (χ2v) is 7.85. The molecule has 0 radical (unpaired) electrons. The van der Waals surface area contributed by atoms with Crippen molar-refractivity contribution in [1.82, 2.24) is 20.2 Å². The van der Waals surface area contributed by atoms with E-state index in [0.717, 1.165) is 12.1 Å². The fourth-order valence-corrected chi connectivity index (χ4v) is 3.89. The maximum atomic E-state index is 13.1. The second kappa shape index (κ2) is 8.60. The van der Waals surface area contributed by atoms with Crippen LogP contribution in [0.4, 0.5) is 19.0 Å². The van der Waals surface area contributed by atoms with E-state index >= 15 is 0 Å². The molecule has 0 unspecified atom stereocenters. The molecule has 1 aromatic carbocycles. The molecule has 31 heavy (non-hydrogen) atoms. The minimum Gasteiger partial charge on any atom is -0.366 e. The third kappa shape index (κ3) is 4.76. The molecule has 7 nitrogen and oxygen atoms in total. The van der Waals surface area contributed by atoms with Gasteiger partial charge in [0.2, 0.25) is 5.28 Å². The summed E-state index contributed by atoms with van der Waals surface area (Å²) >= 11 is 6.07. The lowest BCUT2D eigenvalue weighted by Crippen LogP contribution is -2.48. The van der Waals surface area contributed by atoms with Gasteiger partial charge in [-0.25, -0.2) is 9.97 Å². The van der Waals surface area contributed by atoms with Crippen molar-refractivity contribution in [2.75, 3.05) is 25.0 Å². The van der Waals surface area contributed by atoms with Gasteiger partial charge in [-0.1, -0.05) is 12.1 Å². The lowest BCUT2D eigenvalue weighted by molar-refractivity contribution is -0.145. The number of benzene rings is 1. The Kier molecular flexibility index (Phi) is 6.05. The molecule has 2 aromatic rings. The van der Waals surface area contributed by atoms with E-state index in [-0.39, 0.29) is 24.3 Å². The van der Waals surface area contributed by atoms with Gasteiger partial charge in [-0.15, -0.1) is 0 Å². The summed E-state index contributed by atoms with van der Waals surface area (Å²) in [5.74, 6) is 0.246. The first-order valence-corrected chi connectivity index (χ1v) is 10.2. The number of carbonyl (C=O) groups excluding carboxylic acids is 1. The van der Waals surface area contributed by atoms with Crippen LogP contribution in [0.15, 0.2) is 24.3 Å². The molecule has 1 amide bonds. The molecule has 3 heterocycles. The number of carbonyl (C=O) groups is 1. The van der Waals surface area contributed by atoms with Gasteiger partial charge in [-0.05, 0) is 36.2 Å². The Morgan fingerprint density at radius 1 is 1.35 bits per heavy atom. The van der Waals surface area contributed by atoms with Crippen molar-refractivity contribution in [3.05, 3.63) is 51.9 Å². The Bertz CT molecular complexity index is 982. The highest BCUT2D eigenvalue weighted by Gasteiger charge is 2.34. The van der Waals surface area contributed by atoms with Crippen LogP contribution in [-0.2, 0) is 28.8 Å². The van der Waals surface area contributed by atoms with Crippen molar-refractivity contribution in [3.63, 3.8) is 0 Å². The van der Waals surface area contributed by atoms with Gasteiger partial charge in [-0.3, -0.25) is 4.79 Å². The van der Waals surface area contributed by atoms with E-state index in [1.807, 2.05) is 0 Å². The molecule has 166 valence electrons. The summed E-state index contributed by atoms with van der Waals surface area (Å²) in [6.45, 7) is 3.87. The van der Waals surface area contributed by atoms with Gasteiger partial charge in [0.1, 0.15) is 11.9 Å². The van der Waals surface area contributed by atoms with E-state index in [9.17, 15) is 18.0 Å². The summed E-state index contributed by atoms with van der Waals surface area (Å²) in [4.78, 5) is 22.9. The molecular formula is C20H21ClF3N5O2. The molecule has 1 saturated heterocycles. The van der Waals surface area contributed by atoms with E-state index in [2.05, 4.69) is 20.6 Å². The highest BCUT2D eigenvalue weighted by atomic mass is 35.5. The van der Waals surface area contributed by atoms with Gasteiger partial charge < -0.3 is 20.3 Å². The number of fused-ring (bicyclic) bond motifs is 1. The average molecular weight is 456 g/mol. The average Bonchev–Trinajstić information content (AvgIpc) is 3.17. The van der Waals surface area contributed by atoms with Crippen molar-refractivity contribution in [3.8, 4) is 0 Å². The van der Waals surface area contributed by atoms with Crippen LogP contribution in [0.3, 0.4) is 0 Å². The maximum Gasteiger partial charge on any atom is 0.416 e. The highest BCUT2D eigenvalue weighted by Crippen LogP contribution is 2.33. The van der Waals surface area contributed by atoms with Crippen LogP contribution in [0.25, 0.3) is 0 Å². The van der Waals surface area contributed by atoms with E-state index in [1.54, 1.807) is 17.9 Å². The van der Waals surface area contributed by atoms with Gasteiger partial charge >= 0.3 is 6.18 Å². The van der Waals surface area contributed by atoms with Crippen molar-refractivity contribution in [2.45, 2.75) is 38.3 Å². The zero-order valence-corrected chi connectivity index (χ0v) is 17.4. The molecule has 0 spiro atoms. The number of morpholine rings is 1. The Morgan fingerprint density at radius 2 is 2.16 bits per heavy atom. The van der Waals surface area contributed by atoms with Crippen molar-refractivity contribution in [1.29, 1.82) is 0 Å². The predicted octanol–water partition coefficient (Wildman–Crippen LogP) is 3.15. The van der Waals surface area contributed by atoms with Crippen LogP contribution >= 0.6 is 11.6 Å². The molecule has 1 aromatic heterocycles. The molecule has 1 fully saturated rings. The minimum atomic E-state index is -4.42. The molecule has 4 rings (SSSR count). The van der Waals surface area contributed by atoms with Crippen LogP contribution in [0, 0.1) is 0 Å². The SMILES string of the molecule is C[C@@H](Nc1nc(Cl)nc2c1CN(C(=O)[C@H]1CNCCO1)C2)c1cccc(C(F)(F)F)c1. The monoisotopic (exact) mass is 455 g/mol. The molecule has 11 heteroatoms. The van der Waals surface area contributed by atoms with Crippen LogP contribution < -0.4 is 10.6 Å². The number of ether oxygens (including phenoxy) is 1. The number of hydrogen-bond donors (Lipinski definition) is 2. The highest BCUT2D eigenvalue weighted by molar-refractivity contribution is 6.28. The first kappa shape index (κ1) is 21.8. The Balaban J connectivity index is 1.53. The Morgan fingerprint density at radius 3 is 2.87 bits per heavy atom. The molecular weight excluding hydrogens is 435 g/mol. The number of aromatic nitrogens is 2. The Labute approximate surface area is 182 Å². The summed E-state index contributed by atoms with van der Waals surface area (Å²) in [6, 6.07) is 4.63. The van der Waals surface area contributed by atoms with Crippen LogP contribution in [0.2, 0.25) is 5.28 Å². The van der Waals surface area contributed by atoms with Gasteiger partial charge in [-0.2, -0.15) is 13.2 Å². The van der Waals surface area contributed by atoms with Crippen LogP contribution in [-0.4, -0.2) is 46.6 Å². The number of anilines is 1. The normalized spacial score (nSPS) is 19.8. The smallest absolute Gasteiger partial charge is 0.366 e. The summed E-state index contributed by atoms with van der Waals surface area (Å²) in [6.07, 6.45) is -4.99. The van der Waals surface area contributed by atoms with Crippen LogP contribution in [0.5, 0.6) is 0 Å². The molecule has 0 bridgehead atoms. The number of nitrogens with zero attached hydrogens (tertiary/aromatic N) is 3. The molecule has 2 aliphatic rings. The topological polar surface area (TPSA) is 79.4 Å². The van der Waals surface area contributed by atoms with E-state index in [4.69, 9.17) is 16.3 Å². The van der Waals surface area contributed by atoms with Gasteiger partial charge in [0.15, 0.2) is 0 Å². The first-order chi connectivity index (χ1) is 14.7. The molecule has 0 saturated carbocycles. The van der Waals surface area contributed by atoms with Crippen molar-refractivity contribution >= 4 is 23.3 Å². The molecule has 0 aliphatic carbocycles. The largest absolute Gasteiger partial charge is 0.416 e. The van der Waals surface area contributed by atoms with Crippen LogP contribution in [0.1, 0.15) is 35.3 Å². The van der Waals surface area contributed by atoms with Gasteiger partial charge in [0.25, 0.3) is 5.91 Å². The summed E-state index contributed by atoms with van der Waals surface area (Å²) in [5.41, 5.74) is 1.03. The number of rotatable bonds is 4. The number of nitrogens with one attached hydrogen (secondary N) is 2. The lowest BCUT2D eigenvalue weighted by atomic mass is 10.0. The summed E-state index contributed by atoms with van der Waals surface area (Å²) < 4.78 is 44.7. The molecule has 2 N–H and O–H groups in total. The quantitative estimate of drug-likeness (QED) is 0.689. The third-order valence-electron chi connectivity index (χ3n) is 5.34. The minimum absolute atomic E-state index is 0.00220. The maximum absolute atomic E-state index is 13.1. The van der Waals surface area contributed by atoms with E-state index < -0.39 is 23.9 Å². The van der Waals surface area contributed by atoms with Crippen molar-refractivity contribution in [2.24, 2.45) is 0 Å². The second-order valence-electron chi connectivity index (χ2n) is 7.51. The summed E-state index contributed by atoms with van der Waals surface area (Å²) in [7, 11) is 0. The number of alkyl halides is 3. The molecule has 2 aliphatic heterocycles. The van der Waals surface area contributed by atoms with Gasteiger partial charge in [0.05, 0.1) is 31.0 Å². The fraction of sp³-hybridized carbons (Fsp3) is 0.450. The third-order valence-corrected chi connectivity index (χ3v) is 5.51. The van der Waals surface area contributed by atoms with Gasteiger partial charge in [0, 0.05) is 24.7 Å². The number of amides is 1. The molecule has 2 atom stereocenters. The number of hydrogen-bond acceptors (Lipinski definition) is 6. The Hall–Kier alpha value is -2.43. The zero-order chi connectivity index (χ0) is 22.2. The lowest BCUT2D eigenvalue weighted by Gasteiger charge is -2.26. The van der Waals surface area contributed by atoms with Crippen molar-refractivity contribution < 1.29 is 22.7 Å². The van der Waals surface area contributed by atoms with E-state index in [0.29, 0.717) is 42.3 Å². The summed E-state index contributed by atoms with van der Waals surface area (Å²) in [5, 5.41) is 6.26. The fourth-order valence-electron chi connectivity index (χ4n) is 3.70. The standard InChI is InChI=1S/C20H21ClF3N5O2/c1-11(12-3-2-4-13(7-12)20(22,23)24)26-17-14-9-29(10-15(14)27-19(21)28-17)18(30)16-8-25-5-6-31-16/h2-4,7,11,16,25H,5-6,8-10H2,1H3,(H,26,27,28)/t11-,16-/m1/s1. The predicted molar refractivity (Wildman–Crippen MR) is 107 cm³/mol. The zero-order valence-electron chi connectivity index (χ0n) is 16.7. The van der Waals surface area contributed by atoms with E-state index in [1.165, 1.54) is 6.07 Å². The number of halogens is 4.